The van der Waals surface area contributed by atoms with Crippen LogP contribution in [0.25, 0.3) is 0 Å². The van der Waals surface area contributed by atoms with E-state index in [9.17, 15) is 4.57 Å². The highest BCUT2D eigenvalue weighted by Crippen LogP contribution is 2.66. The number of hydrogen-bond acceptors (Lipinski definition) is 4. The van der Waals surface area contributed by atoms with E-state index in [0.29, 0.717) is 13.2 Å². The van der Waals surface area contributed by atoms with Crippen LogP contribution in [-0.4, -0.2) is 22.9 Å². The summed E-state index contributed by atoms with van der Waals surface area (Å²) in [5.41, 5.74) is 0. The van der Waals surface area contributed by atoms with Crippen molar-refractivity contribution >= 4 is 31.0 Å². The Labute approximate surface area is 95.4 Å². The fourth-order valence-electron chi connectivity index (χ4n) is 0.950. The first-order valence-electron chi connectivity index (χ1n) is 4.65. The van der Waals surface area contributed by atoms with Crippen LogP contribution in [0.4, 0.5) is 0 Å². The van der Waals surface area contributed by atoms with Crippen LogP contribution in [0.5, 0.6) is 0 Å². The zero-order valence-electron chi connectivity index (χ0n) is 9.08. The zero-order chi connectivity index (χ0) is 11.2. The number of hydrogen-bond donors (Lipinski definition) is 0. The summed E-state index contributed by atoms with van der Waals surface area (Å²) in [6.45, 7) is 7.85. The van der Waals surface area contributed by atoms with Gasteiger partial charge in [-0.05, 0) is 26.5 Å². The Morgan fingerprint density at radius 1 is 1.29 bits per heavy atom. The minimum Gasteiger partial charge on any atom is -0.307 e. The summed E-state index contributed by atoms with van der Waals surface area (Å²) in [7, 11) is -3.21. The maximum absolute atomic E-state index is 12.2. The Bertz CT molecular complexity index is 201. The van der Waals surface area contributed by atoms with Crippen LogP contribution in [0, 0.1) is 0 Å². The number of halogens is 1. The van der Waals surface area contributed by atoms with E-state index in [4.69, 9.17) is 20.6 Å². The lowest BCUT2D eigenvalue weighted by Gasteiger charge is -2.29. The van der Waals surface area contributed by atoms with Crippen LogP contribution in [0.3, 0.4) is 0 Å². The molecule has 0 rings (SSSR count). The minimum atomic E-state index is -3.21. The maximum atomic E-state index is 12.2. The topological polar surface area (TPSA) is 35.5 Å². The molecule has 0 aliphatic heterocycles. The molecule has 0 bridgehead atoms. The third-order valence-corrected chi connectivity index (χ3v) is 6.49. The summed E-state index contributed by atoms with van der Waals surface area (Å²) in [5, 5.41) is 0. The van der Waals surface area contributed by atoms with Crippen molar-refractivity contribution in [2.45, 2.75) is 31.6 Å². The molecule has 0 aliphatic rings. The monoisotopic (exact) mass is 260 g/mol. The first-order valence-corrected chi connectivity index (χ1v) is 7.56. The zero-order valence-corrected chi connectivity index (χ0v) is 11.5. The SMILES string of the molecule is CCOP(=O)(OCC)C(C)(Cl)SCC. The number of alkyl halides is 1. The minimum absolute atomic E-state index is 0.337. The second-order valence-corrected chi connectivity index (χ2v) is 8.27. The summed E-state index contributed by atoms with van der Waals surface area (Å²) in [6, 6.07) is 0. The van der Waals surface area contributed by atoms with Crippen LogP contribution in [0.2, 0.25) is 0 Å². The highest BCUT2D eigenvalue weighted by Gasteiger charge is 2.45. The molecule has 6 heteroatoms. The molecule has 0 aromatic carbocycles. The molecule has 0 fully saturated rings. The lowest BCUT2D eigenvalue weighted by molar-refractivity contribution is 0.216. The second-order valence-electron chi connectivity index (χ2n) is 2.64. The van der Waals surface area contributed by atoms with Crippen molar-refractivity contribution in [3.63, 3.8) is 0 Å². The van der Waals surface area contributed by atoms with Crippen molar-refractivity contribution in [3.05, 3.63) is 0 Å². The van der Waals surface area contributed by atoms with Crippen LogP contribution in [-0.2, 0) is 13.6 Å². The predicted octanol–water partition coefficient (Wildman–Crippen LogP) is 3.92. The molecular formula is C8H18ClO3PS. The highest BCUT2D eigenvalue weighted by molar-refractivity contribution is 8.08. The normalized spacial score (nSPS) is 16.6. The molecular weight excluding hydrogens is 243 g/mol. The quantitative estimate of drug-likeness (QED) is 0.513. The van der Waals surface area contributed by atoms with Crippen molar-refractivity contribution in [1.82, 2.24) is 0 Å². The van der Waals surface area contributed by atoms with Crippen LogP contribution >= 0.6 is 31.0 Å². The van der Waals surface area contributed by atoms with Gasteiger partial charge in [0.05, 0.1) is 13.2 Å². The van der Waals surface area contributed by atoms with E-state index in [-0.39, 0.29) is 0 Å². The summed E-state index contributed by atoms with van der Waals surface area (Å²) in [4.78, 5) is 0. The van der Waals surface area contributed by atoms with Gasteiger partial charge in [-0.2, -0.15) is 0 Å². The van der Waals surface area contributed by atoms with Crippen molar-refractivity contribution in [1.29, 1.82) is 0 Å². The Kier molecular flexibility index (Phi) is 6.75. The third-order valence-electron chi connectivity index (χ3n) is 1.50. The Morgan fingerprint density at radius 2 is 1.71 bits per heavy atom. The van der Waals surface area contributed by atoms with Gasteiger partial charge in [0, 0.05) is 0 Å². The molecule has 0 amide bonds. The third kappa shape index (κ3) is 3.74. The summed E-state index contributed by atoms with van der Waals surface area (Å²) in [6.07, 6.45) is 0. The molecule has 3 nitrogen and oxygen atoms in total. The molecule has 1 atom stereocenters. The van der Waals surface area contributed by atoms with Gasteiger partial charge in [0.15, 0.2) is 3.95 Å². The smallest absolute Gasteiger partial charge is 0.307 e. The summed E-state index contributed by atoms with van der Waals surface area (Å²) in [5.74, 6) is 0.768. The van der Waals surface area contributed by atoms with Crippen LogP contribution in [0.1, 0.15) is 27.7 Å². The van der Waals surface area contributed by atoms with Gasteiger partial charge >= 0.3 is 7.60 Å². The Morgan fingerprint density at radius 3 is 2.00 bits per heavy atom. The molecule has 0 saturated heterocycles. The van der Waals surface area contributed by atoms with E-state index < -0.39 is 11.5 Å². The molecule has 0 radical (unpaired) electrons. The van der Waals surface area contributed by atoms with Gasteiger partial charge in [0.2, 0.25) is 0 Å². The second kappa shape index (κ2) is 6.39. The summed E-state index contributed by atoms with van der Waals surface area (Å²) >= 11 is 7.52. The van der Waals surface area contributed by atoms with E-state index in [1.165, 1.54) is 11.8 Å². The van der Waals surface area contributed by atoms with Gasteiger partial charge in [-0.25, -0.2) is 0 Å². The van der Waals surface area contributed by atoms with E-state index in [1.807, 2.05) is 6.92 Å². The van der Waals surface area contributed by atoms with Crippen molar-refractivity contribution < 1.29 is 13.6 Å². The van der Waals surface area contributed by atoms with Gasteiger partial charge in [-0.3, -0.25) is 4.57 Å². The van der Waals surface area contributed by atoms with Gasteiger partial charge in [0.25, 0.3) is 0 Å². The lowest BCUT2D eigenvalue weighted by atomic mass is 10.9. The van der Waals surface area contributed by atoms with Gasteiger partial charge in [-0.1, -0.05) is 18.5 Å². The molecule has 0 aliphatic carbocycles. The molecule has 0 aromatic heterocycles. The predicted molar refractivity (Wildman–Crippen MR) is 63.2 cm³/mol. The number of thioether (sulfide) groups is 1. The highest BCUT2D eigenvalue weighted by atomic mass is 35.5. The van der Waals surface area contributed by atoms with Crippen LogP contribution < -0.4 is 0 Å². The van der Waals surface area contributed by atoms with Crippen molar-refractivity contribution in [2.24, 2.45) is 0 Å². The Balaban J connectivity index is 4.69. The Hall–Kier alpha value is 0.790. The molecule has 0 saturated carbocycles. The molecule has 86 valence electrons. The molecule has 0 aromatic rings. The van der Waals surface area contributed by atoms with E-state index in [0.717, 1.165) is 5.75 Å². The van der Waals surface area contributed by atoms with E-state index in [2.05, 4.69) is 0 Å². The van der Waals surface area contributed by atoms with Gasteiger partial charge in [0.1, 0.15) is 0 Å². The standard InChI is InChI=1S/C8H18ClO3PS/c1-5-11-13(10,12-6-2)8(4,9)14-7-3/h5-7H2,1-4H3. The van der Waals surface area contributed by atoms with Crippen molar-refractivity contribution in [3.8, 4) is 0 Å². The molecule has 0 heterocycles. The molecule has 0 spiro atoms. The fourth-order valence-corrected chi connectivity index (χ4v) is 4.65. The van der Waals surface area contributed by atoms with Crippen molar-refractivity contribution in [2.75, 3.05) is 19.0 Å². The maximum Gasteiger partial charge on any atom is 0.361 e. The average molecular weight is 261 g/mol. The fraction of sp³-hybridized carbons (Fsp3) is 1.00. The average Bonchev–Trinajstić information content (AvgIpc) is 2.04. The van der Waals surface area contributed by atoms with Gasteiger partial charge < -0.3 is 9.05 Å². The van der Waals surface area contributed by atoms with E-state index in [1.54, 1.807) is 20.8 Å². The summed E-state index contributed by atoms with van der Waals surface area (Å²) < 4.78 is 21.6. The lowest BCUT2D eigenvalue weighted by Crippen LogP contribution is -2.16. The van der Waals surface area contributed by atoms with E-state index >= 15 is 0 Å². The van der Waals surface area contributed by atoms with Crippen LogP contribution in [0.15, 0.2) is 0 Å². The molecule has 1 unspecified atom stereocenters. The first-order chi connectivity index (χ1) is 6.43. The number of rotatable bonds is 7. The first kappa shape index (κ1) is 14.8. The largest absolute Gasteiger partial charge is 0.361 e. The molecule has 0 N–H and O–H groups in total. The molecule has 14 heavy (non-hydrogen) atoms. The van der Waals surface area contributed by atoms with Gasteiger partial charge in [-0.15, -0.1) is 11.8 Å².